The number of nitrogens with one attached hydrogen (secondary N) is 4. The van der Waals surface area contributed by atoms with Crippen molar-refractivity contribution >= 4 is 72.2 Å². The molecule has 2 aromatic carbocycles. The second-order valence-electron chi connectivity index (χ2n) is 5.96. The molecule has 0 saturated heterocycles. The van der Waals surface area contributed by atoms with E-state index in [1.807, 2.05) is 0 Å². The van der Waals surface area contributed by atoms with Gasteiger partial charge in [0.05, 0.1) is 9.92 Å². The molecule has 0 fully saturated rings. The molecule has 0 amide bonds. The van der Waals surface area contributed by atoms with Crippen LogP contribution >= 0.6 is 35.4 Å². The van der Waals surface area contributed by atoms with Gasteiger partial charge in [0.15, 0.2) is 5.11 Å². The highest BCUT2D eigenvalue weighted by Gasteiger charge is 2.19. The van der Waals surface area contributed by atoms with Crippen LogP contribution in [0.25, 0.3) is 0 Å². The van der Waals surface area contributed by atoms with Crippen LogP contribution in [-0.2, 0) is 20.0 Å². The monoisotopic (exact) mass is 532 g/mol. The van der Waals surface area contributed by atoms with Gasteiger partial charge >= 0.3 is 0 Å². The Hall–Kier alpha value is -2.55. The van der Waals surface area contributed by atoms with Gasteiger partial charge < -0.3 is 5.32 Å². The zero-order valence-corrected chi connectivity index (χ0v) is 19.7. The van der Waals surface area contributed by atoms with Crippen LogP contribution in [0.15, 0.2) is 70.7 Å². The highest BCUT2D eigenvalue weighted by atomic mass is 35.5. The molecule has 1 aromatic heterocycles. The van der Waals surface area contributed by atoms with Crippen LogP contribution in [0.1, 0.15) is 0 Å². The number of hydrazine groups is 1. The lowest BCUT2D eigenvalue weighted by Crippen LogP contribution is -2.43. The molecule has 0 atom stereocenters. The lowest BCUT2D eigenvalue weighted by atomic mass is 10.3. The molecule has 3 aromatic rings. The van der Waals surface area contributed by atoms with Gasteiger partial charge in [-0.15, -0.1) is 4.83 Å². The lowest BCUT2D eigenvalue weighted by molar-refractivity contribution is 0.577. The quantitative estimate of drug-likeness (QED) is 0.266. The summed E-state index contributed by atoms with van der Waals surface area (Å²) in [5, 5.41) is 2.79. The fourth-order valence-electron chi connectivity index (χ4n) is 2.26. The van der Waals surface area contributed by atoms with E-state index < -0.39 is 20.0 Å². The van der Waals surface area contributed by atoms with Gasteiger partial charge in [0, 0.05) is 23.1 Å². The molecule has 0 bridgehead atoms. The van der Waals surface area contributed by atoms with E-state index >= 15 is 0 Å². The third-order valence-corrected chi connectivity index (χ3v) is 7.21. The van der Waals surface area contributed by atoms with Crippen molar-refractivity contribution in [1.82, 2.24) is 20.2 Å². The Balaban J connectivity index is 1.62. The number of thiocarbonyl (C=S) groups is 1. The summed E-state index contributed by atoms with van der Waals surface area (Å²) in [7, 11) is -7.95. The average molecular weight is 533 g/mol. The van der Waals surface area contributed by atoms with Gasteiger partial charge in [0.1, 0.15) is 4.90 Å². The largest absolute Gasteiger partial charge is 0.332 e. The fraction of sp³-hybridized carbons (Fsp3) is 0. The van der Waals surface area contributed by atoms with Crippen molar-refractivity contribution in [2.45, 2.75) is 9.79 Å². The molecule has 32 heavy (non-hydrogen) atoms. The van der Waals surface area contributed by atoms with Crippen molar-refractivity contribution < 1.29 is 16.8 Å². The molecule has 0 aliphatic heterocycles. The molecule has 0 aliphatic rings. The minimum atomic E-state index is -4.06. The number of aromatic nitrogens is 2. The minimum absolute atomic E-state index is 0.0195. The van der Waals surface area contributed by atoms with Crippen LogP contribution < -0.4 is 20.3 Å². The molecule has 0 radical (unpaired) electrons. The molecule has 15 heteroatoms. The first-order chi connectivity index (χ1) is 15.1. The maximum Gasteiger partial charge on any atom is 0.264 e. The van der Waals surface area contributed by atoms with E-state index in [-0.39, 0.29) is 30.9 Å². The molecule has 1 heterocycles. The van der Waals surface area contributed by atoms with Gasteiger partial charge in [-0.25, -0.2) is 31.5 Å². The Morgan fingerprint density at radius 1 is 0.906 bits per heavy atom. The van der Waals surface area contributed by atoms with Crippen LogP contribution in [-0.4, -0.2) is 31.9 Å². The van der Waals surface area contributed by atoms with Crippen LogP contribution in [0.3, 0.4) is 0 Å². The molecule has 0 unspecified atom stereocenters. The molecule has 168 valence electrons. The Bertz CT molecular complexity index is 1340. The second kappa shape index (κ2) is 9.94. The summed E-state index contributed by atoms with van der Waals surface area (Å²) in [6.07, 6.45) is 2.81. The van der Waals surface area contributed by atoms with Gasteiger partial charge in [0.2, 0.25) is 5.95 Å². The summed E-state index contributed by atoms with van der Waals surface area (Å²) in [5.74, 6) is -0.0628. The van der Waals surface area contributed by atoms with Crippen molar-refractivity contribution in [2.75, 3.05) is 10.0 Å². The van der Waals surface area contributed by atoms with Gasteiger partial charge in [-0.2, -0.15) is 0 Å². The summed E-state index contributed by atoms with van der Waals surface area (Å²) in [6.45, 7) is 0. The summed E-state index contributed by atoms with van der Waals surface area (Å²) in [5.41, 5.74) is 2.73. The normalized spacial score (nSPS) is 11.6. The van der Waals surface area contributed by atoms with E-state index in [1.54, 1.807) is 6.07 Å². The van der Waals surface area contributed by atoms with Crippen molar-refractivity contribution in [2.24, 2.45) is 0 Å². The zero-order chi connectivity index (χ0) is 23.4. The van der Waals surface area contributed by atoms with E-state index in [0.29, 0.717) is 5.69 Å². The first-order valence-electron chi connectivity index (χ1n) is 8.50. The van der Waals surface area contributed by atoms with Gasteiger partial charge in [0.25, 0.3) is 20.0 Å². The Kier molecular flexibility index (Phi) is 7.48. The predicted molar refractivity (Wildman–Crippen MR) is 125 cm³/mol. The van der Waals surface area contributed by atoms with Gasteiger partial charge in [-0.05, 0) is 60.7 Å². The first kappa shape index (κ1) is 24.1. The fourth-order valence-corrected chi connectivity index (χ4v) is 5.07. The first-order valence-corrected chi connectivity index (χ1v) is 12.6. The number of benzene rings is 2. The maximum absolute atomic E-state index is 12.4. The predicted octanol–water partition coefficient (Wildman–Crippen LogP) is 2.76. The van der Waals surface area contributed by atoms with E-state index in [0.717, 1.165) is 0 Å². The highest BCUT2D eigenvalue weighted by molar-refractivity contribution is 7.92. The smallest absolute Gasteiger partial charge is 0.264 e. The lowest BCUT2D eigenvalue weighted by Gasteiger charge is -2.13. The number of halogens is 2. The molecule has 0 saturated carbocycles. The SMILES string of the molecule is O=S(=O)(Nc1ncccn1)c1ccc(NC(=S)NNS(=O)(=O)c2cc(Cl)ccc2Cl)cc1. The molecule has 3 rings (SSSR count). The highest BCUT2D eigenvalue weighted by Crippen LogP contribution is 2.24. The van der Waals surface area contributed by atoms with E-state index in [4.69, 9.17) is 35.4 Å². The third-order valence-electron chi connectivity index (χ3n) is 3.70. The van der Waals surface area contributed by atoms with Crippen molar-refractivity contribution in [3.63, 3.8) is 0 Å². The number of rotatable bonds is 7. The maximum atomic E-state index is 12.4. The third kappa shape index (κ3) is 6.25. The molecule has 0 spiro atoms. The summed E-state index contributed by atoms with van der Waals surface area (Å²) in [6, 6.07) is 11.1. The summed E-state index contributed by atoms with van der Waals surface area (Å²) in [4.78, 5) is 9.43. The van der Waals surface area contributed by atoms with Crippen molar-refractivity contribution in [1.29, 1.82) is 0 Å². The number of sulfonamides is 2. The number of hydrogen-bond donors (Lipinski definition) is 4. The van der Waals surface area contributed by atoms with E-state index in [9.17, 15) is 16.8 Å². The van der Waals surface area contributed by atoms with Crippen molar-refractivity contribution in [3.8, 4) is 0 Å². The molecular formula is C17H14Cl2N6O4S3. The van der Waals surface area contributed by atoms with E-state index in [1.165, 1.54) is 54.9 Å². The van der Waals surface area contributed by atoms with Gasteiger partial charge in [-0.1, -0.05) is 23.2 Å². The summed E-state index contributed by atoms with van der Waals surface area (Å²) >= 11 is 16.8. The second-order valence-corrected chi connectivity index (χ2v) is 10.5. The Labute approximate surface area is 199 Å². The molecular weight excluding hydrogens is 519 g/mol. The van der Waals surface area contributed by atoms with Crippen LogP contribution in [0.4, 0.5) is 11.6 Å². The number of nitrogens with zero attached hydrogens (tertiary/aromatic N) is 2. The average Bonchev–Trinajstić information content (AvgIpc) is 2.75. The summed E-state index contributed by atoms with van der Waals surface area (Å²) < 4.78 is 51.8. The van der Waals surface area contributed by atoms with E-state index in [2.05, 4.69) is 30.3 Å². The molecule has 4 N–H and O–H groups in total. The van der Waals surface area contributed by atoms with Crippen LogP contribution in [0.2, 0.25) is 10.0 Å². The number of hydrogen-bond acceptors (Lipinski definition) is 7. The standard InChI is InChI=1S/C17H14Cl2N6O4S3/c18-11-2-7-14(19)15(10-11)32(28,29)25-23-17(30)22-12-3-5-13(6-4-12)31(26,27)24-16-20-8-1-9-21-16/h1-10,25H,(H,20,21,24)(H2,22,23,30). The Morgan fingerprint density at radius 2 is 1.56 bits per heavy atom. The van der Waals surface area contributed by atoms with Crippen LogP contribution in [0.5, 0.6) is 0 Å². The zero-order valence-electron chi connectivity index (χ0n) is 15.8. The Morgan fingerprint density at radius 3 is 2.22 bits per heavy atom. The molecule has 0 aliphatic carbocycles. The minimum Gasteiger partial charge on any atom is -0.332 e. The van der Waals surface area contributed by atoms with Crippen LogP contribution in [0, 0.1) is 0 Å². The van der Waals surface area contributed by atoms with Crippen molar-refractivity contribution in [3.05, 3.63) is 71.0 Å². The number of anilines is 2. The molecule has 10 nitrogen and oxygen atoms in total. The van der Waals surface area contributed by atoms with Gasteiger partial charge in [-0.3, -0.25) is 5.43 Å². The topological polar surface area (TPSA) is 142 Å².